The number of carbonyl (C=O) groups is 1. The molecule has 1 fully saturated rings. The van der Waals surface area contributed by atoms with Crippen LogP contribution in [0.1, 0.15) is 46.3 Å². The van der Waals surface area contributed by atoms with Gasteiger partial charge < -0.3 is 9.42 Å². The summed E-state index contributed by atoms with van der Waals surface area (Å²) in [5.41, 5.74) is 3.07. The lowest BCUT2D eigenvalue weighted by molar-refractivity contribution is 0.0612. The van der Waals surface area contributed by atoms with E-state index in [0.717, 1.165) is 56.8 Å². The number of piperazine rings is 1. The molecule has 0 atom stereocenters. The number of fused-ring (bicyclic) bond motifs is 1. The van der Waals surface area contributed by atoms with Crippen LogP contribution in [0.2, 0.25) is 0 Å². The molecule has 2 aliphatic rings. The van der Waals surface area contributed by atoms with Crippen LogP contribution < -0.4 is 0 Å². The summed E-state index contributed by atoms with van der Waals surface area (Å²) >= 11 is 0. The normalized spacial score (nSPS) is 18.4. The van der Waals surface area contributed by atoms with Crippen LogP contribution >= 0.6 is 0 Å². The second-order valence-corrected chi connectivity index (χ2v) is 6.90. The number of aromatic nitrogens is 4. The Morgan fingerprint density at radius 2 is 1.92 bits per heavy atom. The van der Waals surface area contributed by atoms with Crippen LogP contribution in [-0.2, 0) is 26.4 Å². The van der Waals surface area contributed by atoms with Crippen molar-refractivity contribution < 1.29 is 9.32 Å². The van der Waals surface area contributed by atoms with Gasteiger partial charge in [-0.15, -0.1) is 0 Å². The Hall–Kier alpha value is -2.22. The number of nitrogens with zero attached hydrogens (tertiary/aromatic N) is 6. The lowest BCUT2D eigenvalue weighted by Gasteiger charge is -2.34. The average Bonchev–Trinajstić information content (AvgIpc) is 3.17. The summed E-state index contributed by atoms with van der Waals surface area (Å²) in [6, 6.07) is 0. The Morgan fingerprint density at radius 3 is 2.64 bits per heavy atom. The van der Waals surface area contributed by atoms with Crippen molar-refractivity contribution in [3.63, 3.8) is 0 Å². The average molecular weight is 344 g/mol. The molecule has 8 nitrogen and oxygen atoms in total. The van der Waals surface area contributed by atoms with Gasteiger partial charge in [0.05, 0.1) is 12.2 Å². The fourth-order valence-corrected chi connectivity index (χ4v) is 3.81. The van der Waals surface area contributed by atoms with Crippen LogP contribution in [0.4, 0.5) is 0 Å². The molecule has 1 saturated heterocycles. The van der Waals surface area contributed by atoms with Crippen LogP contribution in [0.25, 0.3) is 0 Å². The third-order valence-electron chi connectivity index (χ3n) is 5.12. The van der Waals surface area contributed by atoms with Crippen LogP contribution in [-0.4, -0.2) is 61.8 Å². The molecule has 1 amide bonds. The summed E-state index contributed by atoms with van der Waals surface area (Å²) in [5, 5.41) is 8.52. The highest BCUT2D eigenvalue weighted by atomic mass is 16.5. The van der Waals surface area contributed by atoms with Crippen molar-refractivity contribution in [2.24, 2.45) is 7.05 Å². The zero-order chi connectivity index (χ0) is 17.4. The quantitative estimate of drug-likeness (QED) is 0.825. The highest BCUT2D eigenvalue weighted by Gasteiger charge is 2.29. The minimum absolute atomic E-state index is 0.119. The van der Waals surface area contributed by atoms with Gasteiger partial charge in [0, 0.05) is 45.7 Å². The first-order valence-electron chi connectivity index (χ1n) is 8.97. The van der Waals surface area contributed by atoms with Crippen molar-refractivity contribution in [2.75, 3.05) is 26.2 Å². The van der Waals surface area contributed by atoms with E-state index in [1.165, 1.54) is 12.0 Å². The molecular weight excluding hydrogens is 320 g/mol. The maximum absolute atomic E-state index is 13.0. The van der Waals surface area contributed by atoms with Crippen LogP contribution in [0, 0.1) is 6.92 Å². The molecule has 3 heterocycles. The molecule has 4 rings (SSSR count). The molecular formula is C17H24N6O2. The predicted molar refractivity (Wildman–Crippen MR) is 90.1 cm³/mol. The summed E-state index contributed by atoms with van der Waals surface area (Å²) in [7, 11) is 1.89. The van der Waals surface area contributed by atoms with E-state index in [9.17, 15) is 4.79 Å². The van der Waals surface area contributed by atoms with E-state index < -0.39 is 0 Å². The van der Waals surface area contributed by atoms with Crippen molar-refractivity contribution in [3.8, 4) is 0 Å². The second kappa shape index (κ2) is 6.59. The van der Waals surface area contributed by atoms with Gasteiger partial charge >= 0.3 is 0 Å². The summed E-state index contributed by atoms with van der Waals surface area (Å²) < 4.78 is 6.80. The van der Waals surface area contributed by atoms with Gasteiger partial charge in [-0.25, -0.2) is 0 Å². The molecule has 2 aromatic heterocycles. The van der Waals surface area contributed by atoms with Crippen molar-refractivity contribution in [1.29, 1.82) is 0 Å². The molecule has 134 valence electrons. The summed E-state index contributed by atoms with van der Waals surface area (Å²) in [5.74, 6) is 1.41. The fraction of sp³-hybridized carbons (Fsp3) is 0.647. The standard InChI is InChI=1S/C17H24N6O2/c1-12-18-15(20-25-12)11-22-7-9-23(10-8-22)17(24)16-13-5-3-4-6-14(13)19-21(16)2/h3-11H2,1-2H3. The summed E-state index contributed by atoms with van der Waals surface area (Å²) in [6.07, 6.45) is 4.29. The number of hydrogen-bond donors (Lipinski definition) is 0. The van der Waals surface area contributed by atoms with Gasteiger partial charge in [-0.1, -0.05) is 5.16 Å². The first-order valence-corrected chi connectivity index (χ1v) is 8.97. The zero-order valence-electron chi connectivity index (χ0n) is 14.9. The molecule has 0 spiro atoms. The molecule has 25 heavy (non-hydrogen) atoms. The van der Waals surface area contributed by atoms with E-state index in [1.54, 1.807) is 11.6 Å². The summed E-state index contributed by atoms with van der Waals surface area (Å²) in [6.45, 7) is 5.53. The number of rotatable bonds is 3. The first-order chi connectivity index (χ1) is 12.1. The minimum atomic E-state index is 0.119. The Kier molecular flexibility index (Phi) is 4.29. The highest BCUT2D eigenvalue weighted by Crippen LogP contribution is 2.25. The maximum atomic E-state index is 13.0. The summed E-state index contributed by atoms with van der Waals surface area (Å²) in [4.78, 5) is 21.5. The van der Waals surface area contributed by atoms with Crippen LogP contribution in [0.3, 0.4) is 0 Å². The number of aryl methyl sites for hydroxylation is 3. The lowest BCUT2D eigenvalue weighted by atomic mass is 9.95. The van der Waals surface area contributed by atoms with E-state index in [0.29, 0.717) is 18.3 Å². The molecule has 0 N–H and O–H groups in total. The Morgan fingerprint density at radius 1 is 1.16 bits per heavy atom. The van der Waals surface area contributed by atoms with Crippen molar-refractivity contribution in [3.05, 3.63) is 28.7 Å². The molecule has 2 aromatic rings. The second-order valence-electron chi connectivity index (χ2n) is 6.90. The fourth-order valence-electron chi connectivity index (χ4n) is 3.81. The van der Waals surface area contributed by atoms with Gasteiger partial charge in [-0.3, -0.25) is 14.4 Å². The Balaban J connectivity index is 1.41. The van der Waals surface area contributed by atoms with Gasteiger partial charge in [0.25, 0.3) is 5.91 Å². The Bertz CT molecular complexity index is 772. The van der Waals surface area contributed by atoms with Gasteiger partial charge in [0.2, 0.25) is 5.89 Å². The maximum Gasteiger partial charge on any atom is 0.272 e. The van der Waals surface area contributed by atoms with Gasteiger partial charge in [-0.05, 0) is 25.7 Å². The van der Waals surface area contributed by atoms with Crippen LogP contribution in [0.15, 0.2) is 4.52 Å². The molecule has 0 radical (unpaired) electrons. The number of carbonyl (C=O) groups excluding carboxylic acids is 1. The largest absolute Gasteiger partial charge is 0.340 e. The number of amides is 1. The third kappa shape index (κ3) is 3.18. The van der Waals surface area contributed by atoms with E-state index in [-0.39, 0.29) is 5.91 Å². The van der Waals surface area contributed by atoms with Crippen molar-refractivity contribution in [1.82, 2.24) is 29.7 Å². The smallest absolute Gasteiger partial charge is 0.272 e. The SMILES string of the molecule is Cc1nc(CN2CCN(C(=O)c3c4c(nn3C)CCCC4)CC2)no1. The topological polar surface area (TPSA) is 80.3 Å². The molecule has 1 aliphatic heterocycles. The van der Waals surface area contributed by atoms with E-state index in [1.807, 2.05) is 11.9 Å². The van der Waals surface area contributed by atoms with Gasteiger partial charge in [0.15, 0.2) is 5.82 Å². The predicted octanol–water partition coefficient (Wildman–Crippen LogP) is 0.948. The van der Waals surface area contributed by atoms with Crippen LogP contribution in [0.5, 0.6) is 0 Å². The van der Waals surface area contributed by atoms with E-state index in [4.69, 9.17) is 4.52 Å². The third-order valence-corrected chi connectivity index (χ3v) is 5.12. The lowest BCUT2D eigenvalue weighted by Crippen LogP contribution is -2.48. The molecule has 1 aliphatic carbocycles. The monoisotopic (exact) mass is 344 g/mol. The minimum Gasteiger partial charge on any atom is -0.340 e. The molecule has 0 unspecified atom stereocenters. The van der Waals surface area contributed by atoms with Crippen molar-refractivity contribution >= 4 is 5.91 Å². The van der Waals surface area contributed by atoms with Gasteiger partial charge in [-0.2, -0.15) is 10.1 Å². The number of hydrogen-bond acceptors (Lipinski definition) is 6. The van der Waals surface area contributed by atoms with E-state index >= 15 is 0 Å². The van der Waals surface area contributed by atoms with E-state index in [2.05, 4.69) is 20.1 Å². The Labute approximate surface area is 146 Å². The molecule has 0 aromatic carbocycles. The van der Waals surface area contributed by atoms with Gasteiger partial charge in [0.1, 0.15) is 5.69 Å². The molecule has 0 bridgehead atoms. The van der Waals surface area contributed by atoms with Crippen molar-refractivity contribution in [2.45, 2.75) is 39.2 Å². The first kappa shape index (κ1) is 16.3. The highest BCUT2D eigenvalue weighted by molar-refractivity contribution is 5.94. The zero-order valence-corrected chi connectivity index (χ0v) is 14.9. The molecule has 0 saturated carbocycles. The molecule has 8 heteroatoms.